The summed E-state index contributed by atoms with van der Waals surface area (Å²) in [5.41, 5.74) is 2.64. The number of aromatic carboxylic acids is 1. The summed E-state index contributed by atoms with van der Waals surface area (Å²) in [6.07, 6.45) is 0.199. The van der Waals surface area contributed by atoms with Gasteiger partial charge in [0.15, 0.2) is 11.5 Å². The van der Waals surface area contributed by atoms with E-state index in [0.29, 0.717) is 22.7 Å². The molecule has 0 saturated carbocycles. The first-order valence-electron chi connectivity index (χ1n) is 9.01. The zero-order valence-electron chi connectivity index (χ0n) is 15.9. The number of hydrogen-bond donors (Lipinski definition) is 2. The van der Waals surface area contributed by atoms with Crippen LogP contribution >= 0.6 is 11.3 Å². The first kappa shape index (κ1) is 19.0. The van der Waals surface area contributed by atoms with E-state index in [4.69, 9.17) is 9.47 Å². The molecule has 2 heterocycles. The molecular weight excluding hydrogens is 390 g/mol. The zero-order chi connectivity index (χ0) is 20.5. The van der Waals surface area contributed by atoms with Gasteiger partial charge in [-0.05, 0) is 11.6 Å². The number of carbonyl (C=O) groups is 2. The second kappa shape index (κ2) is 7.60. The molecular formula is C22H19NO5S. The number of nitrogens with one attached hydrogen (secondary N) is 1. The zero-order valence-corrected chi connectivity index (χ0v) is 16.7. The number of ether oxygens (including phenoxy) is 2. The molecule has 0 spiro atoms. The Morgan fingerprint density at radius 1 is 1.10 bits per heavy atom. The third-order valence-electron chi connectivity index (χ3n) is 4.97. The maximum absolute atomic E-state index is 12.6. The number of carbonyl (C=O) groups excluding carboxylic acids is 1. The van der Waals surface area contributed by atoms with Crippen LogP contribution in [-0.2, 0) is 4.79 Å². The molecule has 6 nitrogen and oxygen atoms in total. The van der Waals surface area contributed by atoms with Crippen molar-refractivity contribution in [3.63, 3.8) is 0 Å². The normalized spacial score (nSPS) is 15.4. The minimum Gasteiger partial charge on any atom is -0.493 e. The third kappa shape index (κ3) is 3.23. The molecule has 1 aromatic heterocycles. The van der Waals surface area contributed by atoms with Crippen molar-refractivity contribution in [2.24, 2.45) is 0 Å². The van der Waals surface area contributed by atoms with Gasteiger partial charge in [0.2, 0.25) is 5.91 Å². The van der Waals surface area contributed by atoms with Crippen LogP contribution in [0.1, 0.15) is 32.5 Å². The van der Waals surface area contributed by atoms with Gasteiger partial charge in [-0.1, -0.05) is 42.5 Å². The summed E-state index contributed by atoms with van der Waals surface area (Å²) in [6, 6.07) is 14.8. The van der Waals surface area contributed by atoms with Crippen molar-refractivity contribution in [3.8, 4) is 22.6 Å². The topological polar surface area (TPSA) is 84.9 Å². The summed E-state index contributed by atoms with van der Waals surface area (Å²) < 4.78 is 11.0. The molecule has 4 rings (SSSR count). The number of benzene rings is 2. The highest BCUT2D eigenvalue weighted by atomic mass is 32.1. The van der Waals surface area contributed by atoms with Crippen LogP contribution in [0.15, 0.2) is 48.5 Å². The van der Waals surface area contributed by atoms with Crippen LogP contribution in [0.4, 0.5) is 5.69 Å². The number of rotatable bonds is 5. The predicted molar refractivity (Wildman–Crippen MR) is 111 cm³/mol. The van der Waals surface area contributed by atoms with Gasteiger partial charge in [-0.2, -0.15) is 0 Å². The van der Waals surface area contributed by atoms with Crippen LogP contribution in [0.2, 0.25) is 0 Å². The lowest BCUT2D eigenvalue weighted by atomic mass is 9.88. The average molecular weight is 409 g/mol. The van der Waals surface area contributed by atoms with E-state index < -0.39 is 5.97 Å². The van der Waals surface area contributed by atoms with Gasteiger partial charge in [-0.3, -0.25) is 4.79 Å². The Morgan fingerprint density at radius 3 is 2.52 bits per heavy atom. The van der Waals surface area contributed by atoms with E-state index in [1.807, 2.05) is 42.5 Å². The van der Waals surface area contributed by atoms with Crippen LogP contribution in [-0.4, -0.2) is 31.2 Å². The van der Waals surface area contributed by atoms with Crippen LogP contribution in [0.25, 0.3) is 11.1 Å². The van der Waals surface area contributed by atoms with E-state index >= 15 is 0 Å². The Kier molecular flexibility index (Phi) is 4.98. The number of fused-ring (bicyclic) bond motifs is 1. The second-order valence-electron chi connectivity index (χ2n) is 6.60. The van der Waals surface area contributed by atoms with Gasteiger partial charge < -0.3 is 19.9 Å². The number of carboxylic acid groups (broad SMARTS) is 1. The summed E-state index contributed by atoms with van der Waals surface area (Å²) in [5.74, 6) is -0.402. The molecule has 0 bridgehead atoms. The minimum atomic E-state index is -1.02. The van der Waals surface area contributed by atoms with Crippen LogP contribution < -0.4 is 14.8 Å². The number of carboxylic acids is 1. The standard InChI is InChI=1S/C22H19NO5S/c1-27-15-10-6-9-13(19(15)28-2)14-11-16(24)23-18-17(12-7-4-3-5-8-12)21(22(25)26)29-20(14)18/h3-10,14H,11H2,1-2H3,(H,23,24)(H,25,26)/t14-/m1/s1. The maximum atomic E-state index is 12.6. The molecule has 1 atom stereocenters. The molecule has 0 saturated heterocycles. The SMILES string of the molecule is COc1cccc([C@H]2CC(=O)Nc3c2sc(C(=O)O)c3-c2ccccc2)c1OC. The van der Waals surface area contributed by atoms with Crippen molar-refractivity contribution in [1.29, 1.82) is 0 Å². The summed E-state index contributed by atoms with van der Waals surface area (Å²) >= 11 is 1.19. The number of para-hydroxylation sites is 1. The highest BCUT2D eigenvalue weighted by molar-refractivity contribution is 7.15. The molecule has 2 aromatic carbocycles. The van der Waals surface area contributed by atoms with Crippen molar-refractivity contribution in [1.82, 2.24) is 0 Å². The van der Waals surface area contributed by atoms with Gasteiger partial charge >= 0.3 is 5.97 Å². The molecule has 29 heavy (non-hydrogen) atoms. The van der Waals surface area contributed by atoms with Crippen LogP contribution in [0.5, 0.6) is 11.5 Å². The molecule has 0 fully saturated rings. The fraction of sp³-hybridized carbons (Fsp3) is 0.182. The summed E-state index contributed by atoms with van der Waals surface area (Å²) in [6.45, 7) is 0. The van der Waals surface area contributed by atoms with Gasteiger partial charge in [0.25, 0.3) is 0 Å². The molecule has 1 aliphatic heterocycles. The third-order valence-corrected chi connectivity index (χ3v) is 6.26. The fourth-order valence-corrected chi connectivity index (χ4v) is 4.99. The van der Waals surface area contributed by atoms with Gasteiger partial charge in [0, 0.05) is 28.3 Å². The Balaban J connectivity index is 1.96. The quantitative estimate of drug-likeness (QED) is 0.643. The molecule has 0 unspecified atom stereocenters. The summed E-state index contributed by atoms with van der Waals surface area (Å²) in [5, 5.41) is 12.7. The second-order valence-corrected chi connectivity index (χ2v) is 7.66. The molecule has 7 heteroatoms. The molecule has 3 aromatic rings. The molecule has 0 aliphatic carbocycles. The largest absolute Gasteiger partial charge is 0.493 e. The molecule has 1 amide bonds. The number of thiophene rings is 1. The van der Waals surface area contributed by atoms with E-state index in [2.05, 4.69) is 5.32 Å². The number of methoxy groups -OCH3 is 2. The van der Waals surface area contributed by atoms with Crippen molar-refractivity contribution in [2.45, 2.75) is 12.3 Å². The first-order chi connectivity index (χ1) is 14.0. The van der Waals surface area contributed by atoms with E-state index in [1.165, 1.54) is 11.3 Å². The minimum absolute atomic E-state index is 0.167. The summed E-state index contributed by atoms with van der Waals surface area (Å²) in [4.78, 5) is 25.6. The van der Waals surface area contributed by atoms with Gasteiger partial charge in [0.05, 0.1) is 19.9 Å². The highest BCUT2D eigenvalue weighted by Crippen LogP contribution is 2.51. The molecule has 1 aliphatic rings. The molecule has 148 valence electrons. The first-order valence-corrected chi connectivity index (χ1v) is 9.83. The van der Waals surface area contributed by atoms with E-state index in [1.54, 1.807) is 20.3 Å². The van der Waals surface area contributed by atoms with E-state index in [-0.39, 0.29) is 23.1 Å². The number of amides is 1. The summed E-state index contributed by atoms with van der Waals surface area (Å²) in [7, 11) is 3.11. The Hall–Kier alpha value is -3.32. The number of hydrogen-bond acceptors (Lipinski definition) is 5. The maximum Gasteiger partial charge on any atom is 0.346 e. The van der Waals surface area contributed by atoms with Gasteiger partial charge in [-0.15, -0.1) is 11.3 Å². The van der Waals surface area contributed by atoms with Crippen molar-refractivity contribution in [3.05, 3.63) is 63.8 Å². The monoisotopic (exact) mass is 409 g/mol. The van der Waals surface area contributed by atoms with Crippen LogP contribution in [0.3, 0.4) is 0 Å². The lowest BCUT2D eigenvalue weighted by Crippen LogP contribution is -2.22. The smallest absolute Gasteiger partial charge is 0.346 e. The van der Waals surface area contributed by atoms with Crippen molar-refractivity contribution >= 4 is 28.9 Å². The van der Waals surface area contributed by atoms with Crippen LogP contribution in [0, 0.1) is 0 Å². The van der Waals surface area contributed by atoms with Crippen molar-refractivity contribution < 1.29 is 24.2 Å². The molecule has 0 radical (unpaired) electrons. The Bertz CT molecular complexity index is 1090. The van der Waals surface area contributed by atoms with Gasteiger partial charge in [-0.25, -0.2) is 4.79 Å². The Labute approximate surface area is 171 Å². The van der Waals surface area contributed by atoms with E-state index in [9.17, 15) is 14.7 Å². The Morgan fingerprint density at radius 2 is 1.86 bits per heavy atom. The van der Waals surface area contributed by atoms with Crippen molar-refractivity contribution in [2.75, 3.05) is 19.5 Å². The average Bonchev–Trinajstić information content (AvgIpc) is 3.12. The van der Waals surface area contributed by atoms with Gasteiger partial charge in [0.1, 0.15) is 4.88 Å². The highest BCUT2D eigenvalue weighted by Gasteiger charge is 2.36. The lowest BCUT2D eigenvalue weighted by Gasteiger charge is -2.25. The lowest BCUT2D eigenvalue weighted by molar-refractivity contribution is -0.116. The molecule has 2 N–H and O–H groups in total. The predicted octanol–water partition coefficient (Wildman–Crippen LogP) is 4.60. The van der Waals surface area contributed by atoms with E-state index in [0.717, 1.165) is 16.0 Å². The fourth-order valence-electron chi connectivity index (χ4n) is 3.76. The number of anilines is 1.